The Hall–Kier alpha value is -2.30. The summed E-state index contributed by atoms with van der Waals surface area (Å²) in [5, 5.41) is 23.5. The van der Waals surface area contributed by atoms with Crippen LogP contribution in [-0.2, 0) is 19.2 Å². The SMILES string of the molecule is CON=C(C(=O)NC1C(=O)N2CC(CSc3nncs3)(C(=O)O)CS[C@H]12)c1cnsn1. The van der Waals surface area contributed by atoms with E-state index in [1.54, 1.807) is 5.51 Å². The van der Waals surface area contributed by atoms with Gasteiger partial charge in [0.2, 0.25) is 5.91 Å². The first-order valence-electron chi connectivity index (χ1n) is 8.69. The molecule has 0 aromatic carbocycles. The van der Waals surface area contributed by atoms with Crippen LogP contribution in [0.5, 0.6) is 0 Å². The van der Waals surface area contributed by atoms with Crippen molar-refractivity contribution in [1.29, 1.82) is 0 Å². The lowest BCUT2D eigenvalue weighted by Gasteiger charge is -2.53. The molecule has 0 radical (unpaired) electrons. The molecule has 4 heterocycles. The molecule has 2 fully saturated rings. The van der Waals surface area contributed by atoms with E-state index >= 15 is 0 Å². The van der Waals surface area contributed by atoms with Crippen molar-refractivity contribution in [1.82, 2.24) is 29.2 Å². The monoisotopic (exact) mass is 501 g/mol. The highest BCUT2D eigenvalue weighted by molar-refractivity contribution is 8.01. The van der Waals surface area contributed by atoms with Crippen molar-refractivity contribution < 1.29 is 24.3 Å². The van der Waals surface area contributed by atoms with E-state index < -0.39 is 23.3 Å². The number of carboxylic acid groups (broad SMARTS) is 1. The molecule has 12 nitrogen and oxygen atoms in total. The second-order valence-corrected chi connectivity index (χ2v) is 10.3. The second-order valence-electron chi connectivity index (χ2n) is 6.61. The standard InChI is InChI=1S/C15H15N7O5S4/c1-27-20-8(7-2-17-31-21-7)10(23)18-9-11(24)22-3-15(13(25)26,4-28-12(9)22)5-29-14-19-16-6-30-14/h2,6,9,12H,3-5H2,1H3,(H,18,23)(H,25,26)/t9?,12-,15?/m1/s1. The Labute approximate surface area is 192 Å². The van der Waals surface area contributed by atoms with Gasteiger partial charge in [-0.25, -0.2) is 0 Å². The number of β-lactam (4-membered cyclic amide) rings is 1. The van der Waals surface area contributed by atoms with Gasteiger partial charge in [-0.2, -0.15) is 8.75 Å². The smallest absolute Gasteiger partial charge is 0.313 e. The summed E-state index contributed by atoms with van der Waals surface area (Å²) in [4.78, 5) is 43.6. The van der Waals surface area contributed by atoms with Crippen molar-refractivity contribution in [3.8, 4) is 0 Å². The number of oxime groups is 1. The van der Waals surface area contributed by atoms with Crippen molar-refractivity contribution >= 4 is 70.1 Å². The van der Waals surface area contributed by atoms with Crippen molar-refractivity contribution in [2.24, 2.45) is 10.6 Å². The summed E-state index contributed by atoms with van der Waals surface area (Å²) >= 11 is 4.89. The molecule has 16 heteroatoms. The minimum Gasteiger partial charge on any atom is -0.481 e. The first-order chi connectivity index (χ1) is 14.9. The maximum Gasteiger partial charge on any atom is 0.313 e. The lowest BCUT2D eigenvalue weighted by atomic mass is 9.89. The fourth-order valence-corrected chi connectivity index (χ4v) is 6.87. The van der Waals surface area contributed by atoms with E-state index in [4.69, 9.17) is 4.84 Å². The van der Waals surface area contributed by atoms with E-state index in [0.717, 1.165) is 11.7 Å². The fraction of sp³-hybridized carbons (Fsp3) is 0.467. The number of rotatable bonds is 8. The summed E-state index contributed by atoms with van der Waals surface area (Å²) in [6.45, 7) is 0.0615. The Balaban J connectivity index is 1.42. The normalized spacial score (nSPS) is 25.5. The molecule has 0 spiro atoms. The number of nitrogens with one attached hydrogen (secondary N) is 1. The number of nitrogens with zero attached hydrogens (tertiary/aromatic N) is 6. The molecule has 2 aliphatic heterocycles. The Bertz CT molecular complexity index is 1000. The highest BCUT2D eigenvalue weighted by Crippen LogP contribution is 2.44. The Morgan fingerprint density at radius 2 is 2.35 bits per heavy atom. The Morgan fingerprint density at radius 3 is 3.00 bits per heavy atom. The average Bonchev–Trinajstić information content (AvgIpc) is 3.48. The third kappa shape index (κ3) is 4.24. The summed E-state index contributed by atoms with van der Waals surface area (Å²) in [5.74, 6) is -1.37. The van der Waals surface area contributed by atoms with Crippen LogP contribution in [-0.4, -0.2) is 89.0 Å². The number of carboxylic acids is 1. The summed E-state index contributed by atoms with van der Waals surface area (Å²) in [5.41, 5.74) is 0.618. The van der Waals surface area contributed by atoms with Crippen LogP contribution in [0.2, 0.25) is 0 Å². The first kappa shape index (κ1) is 21.9. The van der Waals surface area contributed by atoms with Crippen LogP contribution in [0.25, 0.3) is 0 Å². The Morgan fingerprint density at radius 1 is 1.52 bits per heavy atom. The molecule has 2 aromatic rings. The number of hydrogen-bond donors (Lipinski definition) is 2. The van der Waals surface area contributed by atoms with E-state index in [1.807, 2.05) is 0 Å². The van der Waals surface area contributed by atoms with Gasteiger partial charge in [-0.05, 0) is 0 Å². The molecule has 4 rings (SSSR count). The molecular weight excluding hydrogens is 486 g/mol. The molecule has 2 unspecified atom stereocenters. The van der Waals surface area contributed by atoms with E-state index in [-0.39, 0.29) is 35.0 Å². The zero-order valence-corrected chi connectivity index (χ0v) is 19.1. The summed E-state index contributed by atoms with van der Waals surface area (Å²) in [7, 11) is 1.30. The van der Waals surface area contributed by atoms with Crippen LogP contribution in [0.4, 0.5) is 0 Å². The van der Waals surface area contributed by atoms with Gasteiger partial charge in [0, 0.05) is 18.1 Å². The number of fused-ring (bicyclic) bond motifs is 1. The minimum absolute atomic E-state index is 0.0615. The Kier molecular flexibility index (Phi) is 6.40. The summed E-state index contributed by atoms with van der Waals surface area (Å²) in [6.07, 6.45) is 1.38. The predicted molar refractivity (Wildman–Crippen MR) is 114 cm³/mol. The molecule has 2 aromatic heterocycles. The van der Waals surface area contributed by atoms with Gasteiger partial charge in [0.25, 0.3) is 5.91 Å². The third-order valence-electron chi connectivity index (χ3n) is 4.70. The number of carbonyl (C=O) groups excluding carboxylic acids is 2. The molecule has 0 bridgehead atoms. The minimum atomic E-state index is -1.11. The zero-order chi connectivity index (χ0) is 22.0. The van der Waals surface area contributed by atoms with E-state index in [2.05, 4.69) is 29.4 Å². The van der Waals surface area contributed by atoms with Crippen LogP contribution >= 0.6 is 46.6 Å². The molecule has 164 valence electrons. The van der Waals surface area contributed by atoms with E-state index in [1.165, 1.54) is 53.1 Å². The first-order valence-corrected chi connectivity index (χ1v) is 12.3. The maximum atomic E-state index is 12.7. The van der Waals surface area contributed by atoms with Gasteiger partial charge < -0.3 is 20.2 Å². The number of aromatic nitrogens is 4. The number of carbonyl (C=O) groups is 3. The molecule has 3 atom stereocenters. The van der Waals surface area contributed by atoms with Gasteiger partial charge in [-0.3, -0.25) is 14.4 Å². The van der Waals surface area contributed by atoms with Crippen molar-refractivity contribution in [3.63, 3.8) is 0 Å². The molecule has 31 heavy (non-hydrogen) atoms. The fourth-order valence-electron chi connectivity index (χ4n) is 3.11. The van der Waals surface area contributed by atoms with E-state index in [9.17, 15) is 19.5 Å². The maximum absolute atomic E-state index is 12.7. The highest BCUT2D eigenvalue weighted by atomic mass is 32.2. The number of hydrogen-bond acceptors (Lipinski definition) is 13. The molecule has 2 N–H and O–H groups in total. The zero-order valence-electron chi connectivity index (χ0n) is 15.8. The van der Waals surface area contributed by atoms with Crippen LogP contribution in [0.1, 0.15) is 5.69 Å². The van der Waals surface area contributed by atoms with Gasteiger partial charge in [0.15, 0.2) is 10.1 Å². The summed E-state index contributed by atoms with van der Waals surface area (Å²) < 4.78 is 8.48. The van der Waals surface area contributed by atoms with Gasteiger partial charge in [-0.1, -0.05) is 28.3 Å². The largest absolute Gasteiger partial charge is 0.481 e. The lowest BCUT2D eigenvalue weighted by molar-refractivity contribution is -0.157. The third-order valence-corrected chi connectivity index (χ3v) is 8.91. The average molecular weight is 502 g/mol. The van der Waals surface area contributed by atoms with Crippen molar-refractivity contribution in [2.75, 3.05) is 25.2 Å². The van der Waals surface area contributed by atoms with Crippen LogP contribution in [0.15, 0.2) is 21.2 Å². The van der Waals surface area contributed by atoms with Crippen LogP contribution in [0, 0.1) is 5.41 Å². The lowest BCUT2D eigenvalue weighted by Crippen LogP contribution is -2.74. The molecule has 2 aliphatic rings. The van der Waals surface area contributed by atoms with Crippen LogP contribution in [0.3, 0.4) is 0 Å². The summed E-state index contributed by atoms with van der Waals surface area (Å²) in [6, 6.07) is -0.784. The molecule has 0 saturated carbocycles. The second kappa shape index (κ2) is 9.05. The van der Waals surface area contributed by atoms with Crippen molar-refractivity contribution in [3.05, 3.63) is 17.4 Å². The highest BCUT2D eigenvalue weighted by Gasteiger charge is 2.57. The van der Waals surface area contributed by atoms with Gasteiger partial charge in [-0.15, -0.1) is 22.0 Å². The molecule has 2 amide bonds. The quantitative estimate of drug-likeness (QED) is 0.217. The number of aliphatic carboxylic acids is 1. The topological polar surface area (TPSA) is 160 Å². The van der Waals surface area contributed by atoms with Gasteiger partial charge in [0.05, 0.1) is 17.9 Å². The van der Waals surface area contributed by atoms with Crippen molar-refractivity contribution in [2.45, 2.75) is 15.8 Å². The van der Waals surface area contributed by atoms with Gasteiger partial charge >= 0.3 is 5.97 Å². The number of thioether (sulfide) groups is 2. The number of amides is 2. The molecule has 2 saturated heterocycles. The van der Waals surface area contributed by atoms with E-state index in [0.29, 0.717) is 10.1 Å². The molecular formula is C15H15N7O5S4. The van der Waals surface area contributed by atoms with Crippen LogP contribution < -0.4 is 5.32 Å². The predicted octanol–water partition coefficient (Wildman–Crippen LogP) is 0.00330. The van der Waals surface area contributed by atoms with Gasteiger partial charge in [0.1, 0.15) is 35.1 Å². The molecule has 0 aliphatic carbocycles.